The van der Waals surface area contributed by atoms with Gasteiger partial charge in [-0.25, -0.2) is 0 Å². The van der Waals surface area contributed by atoms with Crippen LogP contribution in [0.5, 0.6) is 5.75 Å². The zero-order chi connectivity index (χ0) is 13.4. The lowest BCUT2D eigenvalue weighted by Gasteiger charge is -2.10. The SMILES string of the molecule is COCCCOCc1ccc(OC)c(C(N)=S)c1. The van der Waals surface area contributed by atoms with Crippen molar-refractivity contribution in [2.75, 3.05) is 27.4 Å². The summed E-state index contributed by atoms with van der Waals surface area (Å²) in [6.07, 6.45) is 0.884. The van der Waals surface area contributed by atoms with E-state index in [1.807, 2.05) is 18.2 Å². The van der Waals surface area contributed by atoms with Gasteiger partial charge in [0.1, 0.15) is 10.7 Å². The normalized spacial score (nSPS) is 10.3. The van der Waals surface area contributed by atoms with Crippen LogP contribution in [0.15, 0.2) is 18.2 Å². The zero-order valence-corrected chi connectivity index (χ0v) is 11.6. The Morgan fingerprint density at radius 1 is 1.28 bits per heavy atom. The fraction of sp³-hybridized carbons (Fsp3) is 0.462. The Kier molecular flexibility index (Phi) is 6.64. The number of hydrogen-bond acceptors (Lipinski definition) is 4. The largest absolute Gasteiger partial charge is 0.496 e. The molecule has 100 valence electrons. The minimum atomic E-state index is 0.327. The van der Waals surface area contributed by atoms with E-state index in [4.69, 9.17) is 32.2 Å². The number of nitrogens with two attached hydrogens (primary N) is 1. The molecule has 1 rings (SSSR count). The molecule has 0 aliphatic rings. The number of hydrogen-bond donors (Lipinski definition) is 1. The lowest BCUT2D eigenvalue weighted by Crippen LogP contribution is -2.11. The molecular formula is C13H19NO3S. The summed E-state index contributed by atoms with van der Waals surface area (Å²) in [7, 11) is 3.27. The molecule has 0 amide bonds. The van der Waals surface area contributed by atoms with Crippen LogP contribution in [0.4, 0.5) is 0 Å². The van der Waals surface area contributed by atoms with Gasteiger partial charge < -0.3 is 19.9 Å². The third-order valence-electron chi connectivity index (χ3n) is 2.44. The highest BCUT2D eigenvalue weighted by Crippen LogP contribution is 2.20. The van der Waals surface area contributed by atoms with Crippen molar-refractivity contribution in [3.8, 4) is 5.75 Å². The third kappa shape index (κ3) is 4.60. The minimum Gasteiger partial charge on any atom is -0.496 e. The molecule has 18 heavy (non-hydrogen) atoms. The molecule has 2 N–H and O–H groups in total. The Morgan fingerprint density at radius 3 is 2.67 bits per heavy atom. The number of rotatable bonds is 8. The number of benzene rings is 1. The molecule has 0 fully saturated rings. The Hall–Kier alpha value is -1.17. The Labute approximate surface area is 113 Å². The highest BCUT2D eigenvalue weighted by Gasteiger charge is 2.06. The summed E-state index contributed by atoms with van der Waals surface area (Å²) in [5.41, 5.74) is 7.41. The average Bonchev–Trinajstić information content (AvgIpc) is 2.38. The molecular weight excluding hydrogens is 250 g/mol. The van der Waals surface area contributed by atoms with Gasteiger partial charge in [0, 0.05) is 20.3 Å². The van der Waals surface area contributed by atoms with Crippen molar-refractivity contribution in [3.63, 3.8) is 0 Å². The van der Waals surface area contributed by atoms with E-state index in [0.717, 1.165) is 17.5 Å². The van der Waals surface area contributed by atoms with Gasteiger partial charge in [-0.1, -0.05) is 18.3 Å². The second-order valence-electron chi connectivity index (χ2n) is 3.80. The molecule has 0 aromatic heterocycles. The summed E-state index contributed by atoms with van der Waals surface area (Å²) in [5.74, 6) is 0.686. The van der Waals surface area contributed by atoms with Crippen LogP contribution in [-0.2, 0) is 16.1 Å². The second-order valence-corrected chi connectivity index (χ2v) is 4.24. The molecule has 5 heteroatoms. The highest BCUT2D eigenvalue weighted by atomic mass is 32.1. The van der Waals surface area contributed by atoms with Crippen LogP contribution in [0.25, 0.3) is 0 Å². The van der Waals surface area contributed by atoms with Gasteiger partial charge in [-0.3, -0.25) is 0 Å². The summed E-state index contributed by atoms with van der Waals surface area (Å²) >= 11 is 4.99. The van der Waals surface area contributed by atoms with Crippen LogP contribution in [0.1, 0.15) is 17.5 Å². The molecule has 4 nitrogen and oxygen atoms in total. The van der Waals surface area contributed by atoms with Crippen molar-refractivity contribution in [3.05, 3.63) is 29.3 Å². The van der Waals surface area contributed by atoms with Crippen LogP contribution in [-0.4, -0.2) is 32.4 Å². The first kappa shape index (κ1) is 14.9. The molecule has 0 radical (unpaired) electrons. The van der Waals surface area contributed by atoms with Crippen molar-refractivity contribution >= 4 is 17.2 Å². The standard InChI is InChI=1S/C13H19NO3S/c1-15-6-3-7-17-9-10-4-5-12(16-2)11(8-10)13(14)18/h4-5,8H,3,6-7,9H2,1-2H3,(H2,14,18). The summed E-state index contributed by atoms with van der Waals surface area (Å²) in [6.45, 7) is 1.91. The van der Waals surface area contributed by atoms with Gasteiger partial charge in [0.15, 0.2) is 0 Å². The summed E-state index contributed by atoms with van der Waals surface area (Å²) in [6, 6.07) is 5.69. The molecule has 0 saturated heterocycles. The first-order chi connectivity index (χ1) is 8.69. The van der Waals surface area contributed by atoms with Gasteiger partial charge in [-0.15, -0.1) is 0 Å². The van der Waals surface area contributed by atoms with Crippen LogP contribution < -0.4 is 10.5 Å². The molecule has 1 aromatic carbocycles. The van der Waals surface area contributed by atoms with E-state index < -0.39 is 0 Å². The molecule has 0 bridgehead atoms. The summed E-state index contributed by atoms with van der Waals surface area (Å²) in [5, 5.41) is 0. The predicted molar refractivity (Wildman–Crippen MR) is 75.0 cm³/mol. The second kappa shape index (κ2) is 8.02. The fourth-order valence-corrected chi connectivity index (χ4v) is 1.69. The smallest absolute Gasteiger partial charge is 0.129 e. The lowest BCUT2D eigenvalue weighted by molar-refractivity contribution is 0.0928. The highest BCUT2D eigenvalue weighted by molar-refractivity contribution is 7.80. The van der Waals surface area contributed by atoms with Crippen molar-refractivity contribution in [1.82, 2.24) is 0 Å². The van der Waals surface area contributed by atoms with E-state index in [1.165, 1.54) is 0 Å². The molecule has 0 heterocycles. The van der Waals surface area contributed by atoms with E-state index in [2.05, 4.69) is 0 Å². The molecule has 0 unspecified atom stereocenters. The quantitative estimate of drug-likeness (QED) is 0.577. The van der Waals surface area contributed by atoms with Crippen LogP contribution >= 0.6 is 12.2 Å². The fourth-order valence-electron chi connectivity index (χ4n) is 1.53. The summed E-state index contributed by atoms with van der Waals surface area (Å²) < 4.78 is 15.7. The first-order valence-corrected chi connectivity index (χ1v) is 6.13. The first-order valence-electron chi connectivity index (χ1n) is 5.72. The van der Waals surface area contributed by atoms with Crippen molar-refractivity contribution in [2.45, 2.75) is 13.0 Å². The average molecular weight is 269 g/mol. The van der Waals surface area contributed by atoms with E-state index in [-0.39, 0.29) is 0 Å². The Morgan fingerprint density at radius 2 is 2.06 bits per heavy atom. The maximum absolute atomic E-state index is 5.65. The van der Waals surface area contributed by atoms with Gasteiger partial charge in [-0.05, 0) is 24.1 Å². The van der Waals surface area contributed by atoms with Gasteiger partial charge in [-0.2, -0.15) is 0 Å². The van der Waals surface area contributed by atoms with E-state index in [9.17, 15) is 0 Å². The number of methoxy groups -OCH3 is 2. The molecule has 0 atom stereocenters. The topological polar surface area (TPSA) is 53.7 Å². The Balaban J connectivity index is 2.56. The zero-order valence-electron chi connectivity index (χ0n) is 10.8. The van der Waals surface area contributed by atoms with Gasteiger partial charge >= 0.3 is 0 Å². The van der Waals surface area contributed by atoms with Crippen molar-refractivity contribution < 1.29 is 14.2 Å². The maximum atomic E-state index is 5.65. The minimum absolute atomic E-state index is 0.327. The number of thiocarbonyl (C=S) groups is 1. The predicted octanol–water partition coefficient (Wildman–Crippen LogP) is 1.88. The molecule has 0 spiro atoms. The van der Waals surface area contributed by atoms with E-state index in [0.29, 0.717) is 30.6 Å². The monoisotopic (exact) mass is 269 g/mol. The van der Waals surface area contributed by atoms with Crippen LogP contribution in [0.3, 0.4) is 0 Å². The van der Waals surface area contributed by atoms with Crippen LogP contribution in [0, 0.1) is 0 Å². The van der Waals surface area contributed by atoms with Crippen LogP contribution in [0.2, 0.25) is 0 Å². The number of ether oxygens (including phenoxy) is 3. The molecule has 0 saturated carbocycles. The molecule has 1 aromatic rings. The molecule has 0 aliphatic heterocycles. The van der Waals surface area contributed by atoms with Gasteiger partial charge in [0.2, 0.25) is 0 Å². The Bertz CT molecular complexity index is 396. The van der Waals surface area contributed by atoms with Crippen molar-refractivity contribution in [1.29, 1.82) is 0 Å². The van der Waals surface area contributed by atoms with Crippen molar-refractivity contribution in [2.24, 2.45) is 5.73 Å². The van der Waals surface area contributed by atoms with E-state index >= 15 is 0 Å². The lowest BCUT2D eigenvalue weighted by atomic mass is 10.1. The van der Waals surface area contributed by atoms with Gasteiger partial charge in [0.05, 0.1) is 19.3 Å². The maximum Gasteiger partial charge on any atom is 0.129 e. The van der Waals surface area contributed by atoms with Gasteiger partial charge in [0.25, 0.3) is 0 Å². The van der Waals surface area contributed by atoms with E-state index in [1.54, 1.807) is 14.2 Å². The summed E-state index contributed by atoms with van der Waals surface area (Å²) in [4.78, 5) is 0.327. The third-order valence-corrected chi connectivity index (χ3v) is 2.66. The molecule has 0 aliphatic carbocycles.